The van der Waals surface area contributed by atoms with Gasteiger partial charge in [-0.3, -0.25) is 9.36 Å². The molecule has 1 aliphatic rings. The third-order valence-corrected chi connectivity index (χ3v) is 4.57. The Morgan fingerprint density at radius 3 is 2.79 bits per heavy atom. The van der Waals surface area contributed by atoms with Gasteiger partial charge in [0.2, 0.25) is 0 Å². The van der Waals surface area contributed by atoms with Gasteiger partial charge < -0.3 is 4.74 Å². The number of benzene rings is 1. The topological polar surface area (TPSA) is 57.0 Å². The number of rotatable bonds is 1. The second-order valence-electron chi connectivity index (χ2n) is 5.95. The van der Waals surface area contributed by atoms with E-state index in [0.717, 1.165) is 17.8 Å². The van der Waals surface area contributed by atoms with Crippen LogP contribution >= 0.6 is 11.6 Å². The number of aromatic nitrogens is 3. The lowest BCUT2D eigenvalue weighted by atomic mass is 10.1. The smallest absolute Gasteiger partial charge is 0.263 e. The second kappa shape index (κ2) is 5.60. The average Bonchev–Trinajstić information content (AvgIpc) is 2.57. The van der Waals surface area contributed by atoms with Gasteiger partial charge in [0.25, 0.3) is 5.56 Å². The summed E-state index contributed by atoms with van der Waals surface area (Å²) in [6.45, 7) is 4.39. The quantitative estimate of drug-likeness (QED) is 0.681. The van der Waals surface area contributed by atoms with Crippen LogP contribution in [0.25, 0.3) is 16.9 Å². The molecule has 0 fully saturated rings. The molecule has 6 heteroatoms. The van der Waals surface area contributed by atoms with Crippen LogP contribution in [0.2, 0.25) is 5.02 Å². The van der Waals surface area contributed by atoms with E-state index in [4.69, 9.17) is 16.3 Å². The normalized spacial score (nSPS) is 13.6. The largest absolute Gasteiger partial charge is 0.491 e. The van der Waals surface area contributed by atoms with Crippen molar-refractivity contribution in [2.45, 2.75) is 26.7 Å². The molecule has 0 saturated carbocycles. The summed E-state index contributed by atoms with van der Waals surface area (Å²) in [6.07, 6.45) is 1.50. The molecular weight excluding hydrogens is 326 g/mol. The maximum Gasteiger partial charge on any atom is 0.263 e. The summed E-state index contributed by atoms with van der Waals surface area (Å²) >= 11 is 6.12. The number of hydrogen-bond donors (Lipinski definition) is 0. The summed E-state index contributed by atoms with van der Waals surface area (Å²) < 4.78 is 7.38. The zero-order valence-corrected chi connectivity index (χ0v) is 14.2. The lowest BCUT2D eigenvalue weighted by molar-refractivity contribution is 0.289. The monoisotopic (exact) mass is 341 g/mol. The SMILES string of the molecule is Cc1nc2c3c(c(=O)n(-c4cccc(Cl)c4)c2nc1C)CCCO3. The Morgan fingerprint density at radius 2 is 2.00 bits per heavy atom. The van der Waals surface area contributed by atoms with Crippen LogP contribution in [-0.4, -0.2) is 21.1 Å². The van der Waals surface area contributed by atoms with Crippen molar-refractivity contribution in [1.82, 2.24) is 14.5 Å². The molecule has 0 spiro atoms. The van der Waals surface area contributed by atoms with Gasteiger partial charge in [-0.1, -0.05) is 17.7 Å². The highest BCUT2D eigenvalue weighted by Gasteiger charge is 2.24. The Balaban J connectivity index is 2.18. The maximum atomic E-state index is 13.1. The first-order chi connectivity index (χ1) is 11.6. The zero-order chi connectivity index (χ0) is 16.8. The molecule has 3 heterocycles. The summed E-state index contributed by atoms with van der Waals surface area (Å²) in [5.74, 6) is 0.579. The molecule has 4 rings (SSSR count). The van der Waals surface area contributed by atoms with E-state index in [1.54, 1.807) is 16.7 Å². The molecule has 122 valence electrons. The predicted octanol–water partition coefficient (Wildman–Crippen LogP) is 3.38. The molecule has 0 saturated heterocycles. The van der Waals surface area contributed by atoms with E-state index in [1.807, 2.05) is 26.0 Å². The van der Waals surface area contributed by atoms with E-state index in [9.17, 15) is 4.79 Å². The second-order valence-corrected chi connectivity index (χ2v) is 6.38. The molecular formula is C18H16ClN3O2. The summed E-state index contributed by atoms with van der Waals surface area (Å²) in [6, 6.07) is 7.20. The van der Waals surface area contributed by atoms with Crippen LogP contribution in [0, 0.1) is 13.8 Å². The van der Waals surface area contributed by atoms with Crippen LogP contribution in [0.3, 0.4) is 0 Å². The summed E-state index contributed by atoms with van der Waals surface area (Å²) in [5, 5.41) is 0.568. The maximum absolute atomic E-state index is 13.1. The minimum absolute atomic E-state index is 0.114. The molecule has 0 bridgehead atoms. The molecule has 2 aromatic heterocycles. The average molecular weight is 342 g/mol. The van der Waals surface area contributed by atoms with Crippen LogP contribution < -0.4 is 10.3 Å². The van der Waals surface area contributed by atoms with E-state index in [-0.39, 0.29) is 5.56 Å². The van der Waals surface area contributed by atoms with Gasteiger partial charge >= 0.3 is 0 Å². The Hall–Kier alpha value is -2.40. The zero-order valence-electron chi connectivity index (χ0n) is 13.5. The van der Waals surface area contributed by atoms with E-state index in [0.29, 0.717) is 46.2 Å². The highest BCUT2D eigenvalue weighted by Crippen LogP contribution is 2.31. The van der Waals surface area contributed by atoms with Gasteiger partial charge in [-0.15, -0.1) is 0 Å². The van der Waals surface area contributed by atoms with Gasteiger partial charge in [0.15, 0.2) is 11.4 Å². The van der Waals surface area contributed by atoms with Gasteiger partial charge in [0.05, 0.1) is 29.2 Å². The van der Waals surface area contributed by atoms with Gasteiger partial charge in [-0.25, -0.2) is 9.97 Å². The third-order valence-electron chi connectivity index (χ3n) is 4.33. The molecule has 1 aromatic carbocycles. The van der Waals surface area contributed by atoms with Crippen molar-refractivity contribution in [3.63, 3.8) is 0 Å². The number of nitrogens with zero attached hydrogens (tertiary/aromatic N) is 3. The molecule has 3 aromatic rings. The van der Waals surface area contributed by atoms with Crippen molar-refractivity contribution in [3.05, 3.63) is 56.6 Å². The molecule has 0 atom stereocenters. The van der Waals surface area contributed by atoms with Crippen LogP contribution in [0.5, 0.6) is 5.75 Å². The van der Waals surface area contributed by atoms with Crippen molar-refractivity contribution < 1.29 is 4.74 Å². The fraction of sp³-hybridized carbons (Fsp3) is 0.278. The predicted molar refractivity (Wildman–Crippen MR) is 93.4 cm³/mol. The molecule has 24 heavy (non-hydrogen) atoms. The number of fused-ring (bicyclic) bond motifs is 3. The number of pyridine rings is 1. The first kappa shape index (κ1) is 15.1. The fourth-order valence-corrected chi connectivity index (χ4v) is 3.21. The van der Waals surface area contributed by atoms with Gasteiger partial charge in [0, 0.05) is 5.02 Å². The Kier molecular flexibility index (Phi) is 3.53. The van der Waals surface area contributed by atoms with Crippen LogP contribution in [-0.2, 0) is 6.42 Å². The van der Waals surface area contributed by atoms with Crippen LogP contribution in [0.1, 0.15) is 23.4 Å². The van der Waals surface area contributed by atoms with Crippen molar-refractivity contribution in [2.24, 2.45) is 0 Å². The Bertz CT molecular complexity index is 1030. The Morgan fingerprint density at radius 1 is 1.21 bits per heavy atom. The van der Waals surface area contributed by atoms with Gasteiger partial charge in [-0.2, -0.15) is 0 Å². The lowest BCUT2D eigenvalue weighted by Gasteiger charge is -2.21. The van der Waals surface area contributed by atoms with Crippen LogP contribution in [0.4, 0.5) is 0 Å². The number of hydrogen-bond acceptors (Lipinski definition) is 4. The first-order valence-corrected chi connectivity index (χ1v) is 8.25. The molecule has 5 nitrogen and oxygen atoms in total. The van der Waals surface area contributed by atoms with Crippen molar-refractivity contribution >= 4 is 22.8 Å². The minimum atomic E-state index is -0.114. The van der Waals surface area contributed by atoms with Crippen molar-refractivity contribution in [2.75, 3.05) is 6.61 Å². The van der Waals surface area contributed by atoms with E-state index >= 15 is 0 Å². The molecule has 0 N–H and O–H groups in total. The molecule has 0 radical (unpaired) electrons. The minimum Gasteiger partial charge on any atom is -0.491 e. The standard InChI is InChI=1S/C18H16ClN3O2/c1-10-11(2)21-17-15(20-10)16-14(7-4-8-24-16)18(23)22(17)13-6-3-5-12(19)9-13/h3,5-6,9H,4,7-8H2,1-2H3. The van der Waals surface area contributed by atoms with Crippen molar-refractivity contribution in [3.8, 4) is 11.4 Å². The number of aryl methyl sites for hydroxylation is 2. The summed E-state index contributed by atoms with van der Waals surface area (Å²) in [5.41, 5.74) is 3.98. The highest BCUT2D eigenvalue weighted by molar-refractivity contribution is 6.30. The van der Waals surface area contributed by atoms with Crippen LogP contribution in [0.15, 0.2) is 29.1 Å². The van der Waals surface area contributed by atoms with Crippen molar-refractivity contribution in [1.29, 1.82) is 0 Å². The first-order valence-electron chi connectivity index (χ1n) is 7.88. The molecule has 0 aliphatic carbocycles. The van der Waals surface area contributed by atoms with E-state index in [1.165, 1.54) is 0 Å². The molecule has 1 aliphatic heterocycles. The Labute approximate surface area is 143 Å². The summed E-state index contributed by atoms with van der Waals surface area (Å²) in [7, 11) is 0. The van der Waals surface area contributed by atoms with E-state index in [2.05, 4.69) is 9.97 Å². The number of ether oxygens (including phenoxy) is 1. The van der Waals surface area contributed by atoms with Gasteiger partial charge in [0.1, 0.15) is 5.52 Å². The molecule has 0 amide bonds. The molecule has 0 unspecified atom stereocenters. The van der Waals surface area contributed by atoms with E-state index < -0.39 is 0 Å². The number of halogens is 1. The highest BCUT2D eigenvalue weighted by atomic mass is 35.5. The summed E-state index contributed by atoms with van der Waals surface area (Å²) in [4.78, 5) is 22.4. The fourth-order valence-electron chi connectivity index (χ4n) is 3.02. The lowest BCUT2D eigenvalue weighted by Crippen LogP contribution is -2.28. The van der Waals surface area contributed by atoms with Gasteiger partial charge in [-0.05, 0) is 44.9 Å². The third kappa shape index (κ3) is 2.27.